The maximum absolute atomic E-state index is 10.9. The van der Waals surface area contributed by atoms with Crippen LogP contribution in [0.1, 0.15) is 30.4 Å². The molecule has 1 aromatic heterocycles. The molecule has 0 unspecified atom stereocenters. The first kappa shape index (κ1) is 16.8. The maximum Gasteiger partial charge on any atom is 0.0920 e. The average molecular weight is 352 g/mol. The number of nitrogens with zero attached hydrogens (tertiary/aromatic N) is 1. The Morgan fingerprint density at radius 3 is 2.48 bits per heavy atom. The van der Waals surface area contributed by atoms with Crippen molar-refractivity contribution in [2.75, 3.05) is 19.6 Å². The highest BCUT2D eigenvalue weighted by atomic mass is 32.1. The zero-order chi connectivity index (χ0) is 17.1. The smallest absolute Gasteiger partial charge is 0.0920 e. The molecule has 0 saturated carbocycles. The number of rotatable bonds is 5. The van der Waals surface area contributed by atoms with Gasteiger partial charge in [-0.3, -0.25) is 0 Å². The summed E-state index contributed by atoms with van der Waals surface area (Å²) < 4.78 is 1.39. The van der Waals surface area contributed by atoms with E-state index < -0.39 is 5.60 Å². The highest BCUT2D eigenvalue weighted by molar-refractivity contribution is 7.17. The normalized spacial score (nSPS) is 17.8. The van der Waals surface area contributed by atoms with Gasteiger partial charge in [-0.25, -0.2) is 0 Å². The SMILES string of the molecule is OC1(c2ccccc2)CCN(CCCc2csc3ccccc23)CC1. The second-order valence-corrected chi connectivity index (χ2v) is 8.01. The van der Waals surface area contributed by atoms with Crippen molar-refractivity contribution in [3.63, 3.8) is 0 Å². The fourth-order valence-corrected chi connectivity index (χ4v) is 4.90. The Balaban J connectivity index is 1.29. The molecule has 1 aliphatic rings. The van der Waals surface area contributed by atoms with Crippen molar-refractivity contribution in [2.45, 2.75) is 31.3 Å². The van der Waals surface area contributed by atoms with Gasteiger partial charge in [-0.2, -0.15) is 0 Å². The van der Waals surface area contributed by atoms with Gasteiger partial charge in [0.1, 0.15) is 0 Å². The highest BCUT2D eigenvalue weighted by Crippen LogP contribution is 2.33. The molecular weight excluding hydrogens is 326 g/mol. The highest BCUT2D eigenvalue weighted by Gasteiger charge is 2.33. The fourth-order valence-electron chi connectivity index (χ4n) is 3.90. The third-order valence-corrected chi connectivity index (χ3v) is 6.49. The minimum atomic E-state index is -0.638. The van der Waals surface area contributed by atoms with E-state index >= 15 is 0 Å². The lowest BCUT2D eigenvalue weighted by Gasteiger charge is -2.38. The van der Waals surface area contributed by atoms with E-state index in [9.17, 15) is 5.11 Å². The van der Waals surface area contributed by atoms with Crippen molar-refractivity contribution in [1.82, 2.24) is 4.90 Å². The molecule has 25 heavy (non-hydrogen) atoms. The van der Waals surface area contributed by atoms with Crippen molar-refractivity contribution in [2.24, 2.45) is 0 Å². The predicted octanol–water partition coefficient (Wildman–Crippen LogP) is 4.82. The third-order valence-electron chi connectivity index (χ3n) is 5.48. The predicted molar refractivity (Wildman–Crippen MR) is 106 cm³/mol. The Bertz CT molecular complexity index is 818. The van der Waals surface area contributed by atoms with Gasteiger partial charge >= 0.3 is 0 Å². The summed E-state index contributed by atoms with van der Waals surface area (Å²) in [6.07, 6.45) is 3.99. The number of benzene rings is 2. The first-order valence-electron chi connectivity index (χ1n) is 9.20. The minimum Gasteiger partial charge on any atom is -0.385 e. The van der Waals surface area contributed by atoms with Gasteiger partial charge in [0.15, 0.2) is 0 Å². The van der Waals surface area contributed by atoms with Crippen molar-refractivity contribution in [3.05, 3.63) is 71.1 Å². The Morgan fingerprint density at radius 1 is 0.960 bits per heavy atom. The molecule has 2 heterocycles. The molecule has 0 bridgehead atoms. The molecule has 0 radical (unpaired) electrons. The van der Waals surface area contributed by atoms with Crippen LogP contribution < -0.4 is 0 Å². The van der Waals surface area contributed by atoms with Crippen LogP contribution >= 0.6 is 11.3 Å². The van der Waals surface area contributed by atoms with E-state index in [0.29, 0.717) is 0 Å². The summed E-state index contributed by atoms with van der Waals surface area (Å²) in [7, 11) is 0. The van der Waals surface area contributed by atoms with Crippen LogP contribution in [0.15, 0.2) is 60.0 Å². The molecule has 0 amide bonds. The third kappa shape index (κ3) is 3.64. The van der Waals surface area contributed by atoms with Crippen LogP contribution in [0.5, 0.6) is 0 Å². The number of hydrogen-bond acceptors (Lipinski definition) is 3. The van der Waals surface area contributed by atoms with Crippen molar-refractivity contribution in [3.8, 4) is 0 Å². The van der Waals surface area contributed by atoms with Crippen LogP contribution in [0, 0.1) is 0 Å². The second kappa shape index (κ2) is 7.28. The number of piperidine rings is 1. The molecule has 0 spiro atoms. The van der Waals surface area contributed by atoms with Gasteiger partial charge in [0.2, 0.25) is 0 Å². The van der Waals surface area contributed by atoms with E-state index in [2.05, 4.69) is 46.7 Å². The molecule has 2 nitrogen and oxygen atoms in total. The summed E-state index contributed by atoms with van der Waals surface area (Å²) in [5, 5.41) is 14.7. The monoisotopic (exact) mass is 351 g/mol. The molecule has 1 saturated heterocycles. The molecular formula is C22H25NOS. The number of fused-ring (bicyclic) bond motifs is 1. The first-order chi connectivity index (χ1) is 12.2. The first-order valence-corrected chi connectivity index (χ1v) is 10.1. The number of likely N-dealkylation sites (tertiary alicyclic amines) is 1. The Labute approximate surface area is 153 Å². The van der Waals surface area contributed by atoms with Crippen LogP contribution in [0.2, 0.25) is 0 Å². The molecule has 3 heteroatoms. The van der Waals surface area contributed by atoms with Gasteiger partial charge in [0, 0.05) is 17.8 Å². The summed E-state index contributed by atoms with van der Waals surface area (Å²) in [5.74, 6) is 0. The van der Waals surface area contributed by atoms with E-state index in [1.54, 1.807) is 0 Å². The van der Waals surface area contributed by atoms with E-state index in [4.69, 9.17) is 0 Å². The van der Waals surface area contributed by atoms with Gasteiger partial charge in [0.25, 0.3) is 0 Å². The topological polar surface area (TPSA) is 23.5 Å². The van der Waals surface area contributed by atoms with Gasteiger partial charge in [0.05, 0.1) is 5.60 Å². The lowest BCUT2D eigenvalue weighted by molar-refractivity contribution is -0.0259. The number of aliphatic hydroxyl groups is 1. The Hall–Kier alpha value is -1.68. The summed E-state index contributed by atoms with van der Waals surface area (Å²) in [5.41, 5.74) is 1.92. The summed E-state index contributed by atoms with van der Waals surface area (Å²) >= 11 is 1.85. The maximum atomic E-state index is 10.9. The minimum absolute atomic E-state index is 0.638. The van der Waals surface area contributed by atoms with Crippen molar-refractivity contribution >= 4 is 21.4 Å². The number of aryl methyl sites for hydroxylation is 1. The van der Waals surface area contributed by atoms with Gasteiger partial charge < -0.3 is 10.0 Å². The summed E-state index contributed by atoms with van der Waals surface area (Å²) in [6.45, 7) is 3.08. The van der Waals surface area contributed by atoms with Crippen LogP contribution in [0.25, 0.3) is 10.1 Å². The molecule has 2 aromatic carbocycles. The van der Waals surface area contributed by atoms with Crippen LogP contribution in [0.3, 0.4) is 0 Å². The molecule has 0 atom stereocenters. The van der Waals surface area contributed by atoms with E-state index in [-0.39, 0.29) is 0 Å². The summed E-state index contributed by atoms with van der Waals surface area (Å²) in [4.78, 5) is 2.51. The van der Waals surface area contributed by atoms with E-state index in [0.717, 1.165) is 44.5 Å². The number of hydrogen-bond donors (Lipinski definition) is 1. The quantitative estimate of drug-likeness (QED) is 0.712. The Morgan fingerprint density at radius 2 is 1.68 bits per heavy atom. The van der Waals surface area contributed by atoms with Gasteiger partial charge in [-0.15, -0.1) is 11.3 Å². The fraction of sp³-hybridized carbons (Fsp3) is 0.364. The zero-order valence-electron chi connectivity index (χ0n) is 14.5. The van der Waals surface area contributed by atoms with E-state index in [1.165, 1.54) is 22.1 Å². The second-order valence-electron chi connectivity index (χ2n) is 7.10. The molecule has 130 valence electrons. The molecule has 1 aliphatic heterocycles. The largest absolute Gasteiger partial charge is 0.385 e. The molecule has 0 aliphatic carbocycles. The molecule has 3 aromatic rings. The molecule has 4 rings (SSSR count). The molecule has 1 N–H and O–H groups in total. The van der Waals surface area contributed by atoms with Crippen LogP contribution in [-0.4, -0.2) is 29.6 Å². The van der Waals surface area contributed by atoms with Crippen LogP contribution in [-0.2, 0) is 12.0 Å². The lowest BCUT2D eigenvalue weighted by atomic mass is 9.84. The molecule has 1 fully saturated rings. The Kier molecular flexibility index (Phi) is 4.89. The summed E-state index contributed by atoms with van der Waals surface area (Å²) in [6, 6.07) is 18.8. The zero-order valence-corrected chi connectivity index (χ0v) is 15.3. The average Bonchev–Trinajstić information content (AvgIpc) is 3.08. The van der Waals surface area contributed by atoms with Crippen molar-refractivity contribution in [1.29, 1.82) is 0 Å². The number of thiophene rings is 1. The van der Waals surface area contributed by atoms with Gasteiger partial charge in [-0.1, -0.05) is 48.5 Å². The van der Waals surface area contributed by atoms with E-state index in [1.807, 2.05) is 29.5 Å². The van der Waals surface area contributed by atoms with Gasteiger partial charge in [-0.05, 0) is 60.2 Å². The lowest BCUT2D eigenvalue weighted by Crippen LogP contribution is -2.42. The van der Waals surface area contributed by atoms with Crippen molar-refractivity contribution < 1.29 is 5.11 Å². The standard InChI is InChI=1S/C22H25NOS/c24-22(19-8-2-1-3-9-19)12-15-23(16-13-22)14-6-7-18-17-25-21-11-5-4-10-20(18)21/h1-5,8-11,17,24H,6-7,12-16H2. The van der Waals surface area contributed by atoms with Crippen LogP contribution in [0.4, 0.5) is 0 Å².